The number of anilines is 1. The summed E-state index contributed by atoms with van der Waals surface area (Å²) < 4.78 is 25.2. The van der Waals surface area contributed by atoms with Gasteiger partial charge in [0, 0.05) is 24.5 Å². The Morgan fingerprint density at radius 2 is 1.80 bits per heavy atom. The van der Waals surface area contributed by atoms with E-state index in [0.717, 1.165) is 29.3 Å². The van der Waals surface area contributed by atoms with Crippen LogP contribution in [0, 0.1) is 0 Å². The van der Waals surface area contributed by atoms with E-state index < -0.39 is 10.0 Å². The third kappa shape index (κ3) is 4.20. The maximum atomic E-state index is 12.3. The number of aromatic nitrogens is 1. The fourth-order valence-corrected chi connectivity index (χ4v) is 4.51. The van der Waals surface area contributed by atoms with Gasteiger partial charge in [-0.1, -0.05) is 0 Å². The summed E-state index contributed by atoms with van der Waals surface area (Å²) in [7, 11) is -0.544. The molecule has 1 aromatic heterocycles. The summed E-state index contributed by atoms with van der Waals surface area (Å²) in [4.78, 5) is 18.2. The molecule has 0 radical (unpaired) electrons. The highest BCUT2D eigenvalue weighted by Gasteiger charge is 2.19. The molecule has 0 atom stereocenters. The number of thiazole rings is 1. The zero-order chi connectivity index (χ0) is 17.3. The van der Waals surface area contributed by atoms with Crippen LogP contribution in [-0.2, 0) is 22.9 Å². The molecule has 1 amide bonds. The van der Waals surface area contributed by atoms with Crippen molar-refractivity contribution in [1.82, 2.24) is 9.29 Å². The number of rotatable bonds is 4. The molecule has 2 aromatic rings. The molecular formula is C16H20ClN3O3S2. The van der Waals surface area contributed by atoms with Crippen molar-refractivity contribution in [1.29, 1.82) is 0 Å². The zero-order valence-electron chi connectivity index (χ0n) is 14.0. The third-order valence-corrected chi connectivity index (χ3v) is 6.86. The largest absolute Gasteiger partial charge is 0.298 e. The van der Waals surface area contributed by atoms with Gasteiger partial charge >= 0.3 is 0 Å². The fourth-order valence-electron chi connectivity index (χ4n) is 2.56. The Balaban J connectivity index is 0.00000225. The number of nitrogens with one attached hydrogen (secondary N) is 1. The van der Waals surface area contributed by atoms with Crippen molar-refractivity contribution in [3.8, 4) is 0 Å². The molecule has 3 rings (SSSR count). The normalized spacial score (nSPS) is 13.9. The van der Waals surface area contributed by atoms with Crippen LogP contribution < -0.4 is 5.32 Å². The lowest BCUT2D eigenvalue weighted by Gasteiger charge is -2.11. The highest BCUT2D eigenvalue weighted by atomic mass is 35.5. The van der Waals surface area contributed by atoms with Gasteiger partial charge < -0.3 is 0 Å². The van der Waals surface area contributed by atoms with E-state index in [0.29, 0.717) is 10.7 Å². The average molecular weight is 402 g/mol. The minimum Gasteiger partial charge on any atom is -0.298 e. The topological polar surface area (TPSA) is 79.4 Å². The SMILES string of the molecule is CN(C)S(=O)(=O)c1ccc(C(=O)Nc2nc3c(s2)CCCC3)cc1.Cl. The molecule has 0 fully saturated rings. The van der Waals surface area contributed by atoms with Crippen LogP contribution in [0.3, 0.4) is 0 Å². The number of carbonyl (C=O) groups excluding carboxylic acids is 1. The van der Waals surface area contributed by atoms with Gasteiger partial charge in [-0.05, 0) is 49.9 Å². The highest BCUT2D eigenvalue weighted by molar-refractivity contribution is 7.89. The van der Waals surface area contributed by atoms with Gasteiger partial charge in [-0.3, -0.25) is 10.1 Å². The quantitative estimate of drug-likeness (QED) is 0.854. The molecule has 0 aliphatic heterocycles. The first-order valence-electron chi connectivity index (χ1n) is 7.70. The molecule has 0 saturated heterocycles. The maximum absolute atomic E-state index is 12.3. The van der Waals surface area contributed by atoms with Crippen molar-refractivity contribution in [2.75, 3.05) is 19.4 Å². The molecule has 1 N–H and O–H groups in total. The first kappa shape index (κ1) is 19.8. The lowest BCUT2D eigenvalue weighted by Crippen LogP contribution is -2.22. The number of carbonyl (C=O) groups is 1. The van der Waals surface area contributed by atoms with E-state index in [9.17, 15) is 13.2 Å². The molecule has 9 heteroatoms. The van der Waals surface area contributed by atoms with Crippen molar-refractivity contribution >= 4 is 44.8 Å². The molecule has 1 aromatic carbocycles. The van der Waals surface area contributed by atoms with E-state index >= 15 is 0 Å². The lowest BCUT2D eigenvalue weighted by molar-refractivity contribution is 0.102. The zero-order valence-corrected chi connectivity index (χ0v) is 16.4. The smallest absolute Gasteiger partial charge is 0.257 e. The standard InChI is InChI=1S/C16H19N3O3S2.ClH/c1-19(2)24(21,22)12-9-7-11(8-10-12)15(20)18-16-17-13-5-3-4-6-14(13)23-16;/h7-10H,3-6H2,1-2H3,(H,17,18,20);1H. The van der Waals surface area contributed by atoms with Gasteiger partial charge in [0.15, 0.2) is 5.13 Å². The minimum absolute atomic E-state index is 0. The van der Waals surface area contributed by atoms with Crippen LogP contribution in [0.5, 0.6) is 0 Å². The number of nitrogens with zero attached hydrogens (tertiary/aromatic N) is 2. The predicted molar refractivity (Wildman–Crippen MR) is 101 cm³/mol. The molecule has 0 unspecified atom stereocenters. The molecule has 0 spiro atoms. The number of aryl methyl sites for hydroxylation is 2. The van der Waals surface area contributed by atoms with Gasteiger partial charge in [-0.25, -0.2) is 17.7 Å². The van der Waals surface area contributed by atoms with E-state index in [1.165, 1.54) is 61.0 Å². The monoisotopic (exact) mass is 401 g/mol. The van der Waals surface area contributed by atoms with Gasteiger partial charge in [0.2, 0.25) is 10.0 Å². The summed E-state index contributed by atoms with van der Waals surface area (Å²) in [6.07, 6.45) is 4.31. The molecule has 1 heterocycles. The lowest BCUT2D eigenvalue weighted by atomic mass is 10.0. The second-order valence-corrected chi connectivity index (χ2v) is 9.10. The number of halogens is 1. The molecule has 1 aliphatic rings. The van der Waals surface area contributed by atoms with Gasteiger partial charge in [-0.2, -0.15) is 0 Å². The van der Waals surface area contributed by atoms with Crippen molar-refractivity contribution in [2.24, 2.45) is 0 Å². The highest BCUT2D eigenvalue weighted by Crippen LogP contribution is 2.29. The molecule has 136 valence electrons. The van der Waals surface area contributed by atoms with E-state index in [4.69, 9.17) is 0 Å². The molecular weight excluding hydrogens is 382 g/mol. The number of amides is 1. The summed E-state index contributed by atoms with van der Waals surface area (Å²) in [5.74, 6) is -0.283. The Hall–Kier alpha value is -1.48. The molecule has 25 heavy (non-hydrogen) atoms. The van der Waals surface area contributed by atoms with Gasteiger partial charge in [-0.15, -0.1) is 23.7 Å². The van der Waals surface area contributed by atoms with Crippen LogP contribution in [0.15, 0.2) is 29.2 Å². The van der Waals surface area contributed by atoms with Crippen LogP contribution in [0.25, 0.3) is 0 Å². The van der Waals surface area contributed by atoms with Crippen molar-refractivity contribution < 1.29 is 13.2 Å². The number of sulfonamides is 1. The number of hydrogen-bond donors (Lipinski definition) is 1. The molecule has 1 aliphatic carbocycles. The van der Waals surface area contributed by atoms with E-state index in [-0.39, 0.29) is 23.2 Å². The van der Waals surface area contributed by atoms with E-state index in [1.54, 1.807) is 0 Å². The summed E-state index contributed by atoms with van der Waals surface area (Å²) in [6, 6.07) is 5.91. The Morgan fingerprint density at radius 3 is 2.40 bits per heavy atom. The fraction of sp³-hybridized carbons (Fsp3) is 0.375. The van der Waals surface area contributed by atoms with Crippen LogP contribution >= 0.6 is 23.7 Å². The van der Waals surface area contributed by atoms with Gasteiger partial charge in [0.1, 0.15) is 0 Å². The number of fused-ring (bicyclic) bond motifs is 1. The third-order valence-electron chi connectivity index (χ3n) is 3.96. The van der Waals surface area contributed by atoms with E-state index in [1.807, 2.05) is 0 Å². The van der Waals surface area contributed by atoms with Crippen molar-refractivity contribution in [2.45, 2.75) is 30.6 Å². The molecule has 0 saturated carbocycles. The van der Waals surface area contributed by atoms with Gasteiger partial charge in [0.05, 0.1) is 10.6 Å². The minimum atomic E-state index is -3.49. The van der Waals surface area contributed by atoms with Crippen LogP contribution in [0.2, 0.25) is 0 Å². The Kier molecular flexibility index (Phi) is 6.21. The second-order valence-electron chi connectivity index (χ2n) is 5.86. The average Bonchev–Trinajstić information content (AvgIpc) is 2.97. The Bertz CT molecular complexity index is 838. The first-order chi connectivity index (χ1) is 11.4. The predicted octanol–water partition coefficient (Wildman–Crippen LogP) is 2.95. The van der Waals surface area contributed by atoms with Crippen LogP contribution in [0.4, 0.5) is 5.13 Å². The summed E-state index contributed by atoms with van der Waals surface area (Å²) >= 11 is 1.52. The Morgan fingerprint density at radius 1 is 1.16 bits per heavy atom. The molecule has 6 nitrogen and oxygen atoms in total. The van der Waals surface area contributed by atoms with Crippen molar-refractivity contribution in [3.63, 3.8) is 0 Å². The number of benzene rings is 1. The van der Waals surface area contributed by atoms with Gasteiger partial charge in [0.25, 0.3) is 5.91 Å². The number of hydrogen-bond acceptors (Lipinski definition) is 5. The summed E-state index contributed by atoms with van der Waals surface area (Å²) in [5, 5.41) is 3.41. The first-order valence-corrected chi connectivity index (χ1v) is 9.96. The maximum Gasteiger partial charge on any atom is 0.257 e. The van der Waals surface area contributed by atoms with Crippen LogP contribution in [-0.4, -0.2) is 37.7 Å². The summed E-state index contributed by atoms with van der Waals surface area (Å²) in [5.41, 5.74) is 1.50. The van der Waals surface area contributed by atoms with E-state index in [2.05, 4.69) is 10.3 Å². The second kappa shape index (κ2) is 7.82. The van der Waals surface area contributed by atoms with Crippen LogP contribution in [0.1, 0.15) is 33.8 Å². The molecule has 0 bridgehead atoms. The van der Waals surface area contributed by atoms with Crippen molar-refractivity contribution in [3.05, 3.63) is 40.4 Å². The summed E-state index contributed by atoms with van der Waals surface area (Å²) in [6.45, 7) is 0. The Labute approximate surface area is 157 Å².